The van der Waals surface area contributed by atoms with Crippen LogP contribution < -0.4 is 0 Å². The monoisotopic (exact) mass is 353 g/mol. The van der Waals surface area contributed by atoms with Crippen molar-refractivity contribution in [2.45, 2.75) is 37.5 Å². The summed E-state index contributed by atoms with van der Waals surface area (Å²) in [7, 11) is -3.79. The van der Waals surface area contributed by atoms with Crippen molar-refractivity contribution in [3.63, 3.8) is 0 Å². The van der Waals surface area contributed by atoms with Crippen molar-refractivity contribution in [3.8, 4) is 0 Å². The summed E-state index contributed by atoms with van der Waals surface area (Å²) < 4.78 is 28.2. The maximum absolute atomic E-state index is 13.4. The highest BCUT2D eigenvalue weighted by molar-refractivity contribution is 7.90. The minimum atomic E-state index is -3.79. The molecule has 0 atom stereocenters. The number of fused-ring (bicyclic) bond motifs is 3. The molecule has 4 nitrogen and oxygen atoms in total. The summed E-state index contributed by atoms with van der Waals surface area (Å²) in [6.45, 7) is 5.77. The fourth-order valence-corrected chi connectivity index (χ4v) is 5.43. The molecule has 0 amide bonds. The Balaban J connectivity index is 2.13. The van der Waals surface area contributed by atoms with E-state index in [-0.39, 0.29) is 10.7 Å². The minimum absolute atomic E-state index is 0.00839. The summed E-state index contributed by atoms with van der Waals surface area (Å²) in [6, 6.07) is 14.0. The number of aryl methyl sites for hydroxylation is 1. The molecule has 0 unspecified atom stereocenters. The van der Waals surface area contributed by atoms with Gasteiger partial charge in [-0.05, 0) is 25.1 Å². The highest BCUT2D eigenvalue weighted by Crippen LogP contribution is 2.45. The molecule has 0 saturated carbocycles. The van der Waals surface area contributed by atoms with Gasteiger partial charge in [0.25, 0.3) is 10.0 Å². The lowest BCUT2D eigenvalue weighted by molar-refractivity contribution is 0.0980. The van der Waals surface area contributed by atoms with Gasteiger partial charge in [0.15, 0.2) is 5.78 Å². The van der Waals surface area contributed by atoms with Gasteiger partial charge in [0.1, 0.15) is 0 Å². The second-order valence-corrected chi connectivity index (χ2v) is 9.09. The first-order valence-electron chi connectivity index (χ1n) is 8.23. The molecule has 2 aromatic carbocycles. The maximum Gasteiger partial charge on any atom is 0.268 e. The first-order valence-corrected chi connectivity index (χ1v) is 9.67. The van der Waals surface area contributed by atoms with E-state index in [1.165, 1.54) is 3.97 Å². The molecule has 4 rings (SSSR count). The number of hydrogen-bond acceptors (Lipinski definition) is 3. The van der Waals surface area contributed by atoms with Crippen LogP contribution in [-0.4, -0.2) is 18.2 Å². The Hall–Kier alpha value is -2.40. The van der Waals surface area contributed by atoms with Crippen LogP contribution in [0.5, 0.6) is 0 Å². The molecule has 1 aliphatic rings. The SMILES string of the molecule is Cc1ccc(S(=O)(=O)n2c3c(c4ccccc42)C(=O)CC3(C)C)cc1. The van der Waals surface area contributed by atoms with E-state index in [1.807, 2.05) is 32.9 Å². The van der Waals surface area contributed by atoms with Crippen LogP contribution >= 0.6 is 0 Å². The van der Waals surface area contributed by atoms with Crippen LogP contribution in [0, 0.1) is 6.92 Å². The Kier molecular flexibility index (Phi) is 3.25. The molecule has 0 fully saturated rings. The van der Waals surface area contributed by atoms with E-state index in [2.05, 4.69) is 0 Å². The summed E-state index contributed by atoms with van der Waals surface area (Å²) in [5, 5.41) is 0.712. The van der Waals surface area contributed by atoms with E-state index >= 15 is 0 Å². The normalized spacial score (nSPS) is 16.4. The van der Waals surface area contributed by atoms with Crippen molar-refractivity contribution in [3.05, 3.63) is 65.4 Å². The van der Waals surface area contributed by atoms with Gasteiger partial charge in [-0.15, -0.1) is 0 Å². The van der Waals surface area contributed by atoms with E-state index in [0.717, 1.165) is 5.56 Å². The predicted molar refractivity (Wildman–Crippen MR) is 97.7 cm³/mol. The van der Waals surface area contributed by atoms with Crippen LogP contribution in [0.15, 0.2) is 53.4 Å². The number of carbonyl (C=O) groups is 1. The summed E-state index contributed by atoms with van der Waals surface area (Å²) in [4.78, 5) is 12.8. The molecule has 1 heterocycles. The topological polar surface area (TPSA) is 56.1 Å². The van der Waals surface area contributed by atoms with E-state index in [9.17, 15) is 13.2 Å². The third-order valence-corrected chi connectivity index (χ3v) is 6.64. The summed E-state index contributed by atoms with van der Waals surface area (Å²) in [6.07, 6.45) is 0.325. The van der Waals surface area contributed by atoms with Crippen LogP contribution in [0.3, 0.4) is 0 Å². The van der Waals surface area contributed by atoms with Crippen LogP contribution in [-0.2, 0) is 15.4 Å². The summed E-state index contributed by atoms with van der Waals surface area (Å²) >= 11 is 0. The van der Waals surface area contributed by atoms with Gasteiger partial charge in [-0.25, -0.2) is 12.4 Å². The third-order valence-electron chi connectivity index (χ3n) is 4.91. The average molecular weight is 353 g/mol. The number of Topliss-reactive ketones (excluding diaryl/α,β-unsaturated/α-hetero) is 1. The lowest BCUT2D eigenvalue weighted by atomic mass is 9.91. The van der Waals surface area contributed by atoms with Crippen LogP contribution in [0.25, 0.3) is 10.9 Å². The number of rotatable bonds is 2. The molecule has 1 aliphatic carbocycles. The van der Waals surface area contributed by atoms with Crippen molar-refractivity contribution >= 4 is 26.7 Å². The fraction of sp³-hybridized carbons (Fsp3) is 0.250. The zero-order valence-corrected chi connectivity index (χ0v) is 15.2. The number of benzene rings is 2. The lowest BCUT2D eigenvalue weighted by Crippen LogP contribution is -2.23. The third kappa shape index (κ3) is 2.19. The maximum atomic E-state index is 13.4. The number of carbonyl (C=O) groups excluding carboxylic acids is 1. The molecule has 0 bridgehead atoms. The molecule has 1 aromatic heterocycles. The quantitative estimate of drug-likeness (QED) is 0.698. The second-order valence-electron chi connectivity index (χ2n) is 7.31. The van der Waals surface area contributed by atoms with Crippen molar-refractivity contribution in [2.75, 3.05) is 0 Å². The molecule has 128 valence electrons. The number of ketones is 1. The van der Waals surface area contributed by atoms with Gasteiger partial charge in [0.2, 0.25) is 0 Å². The molecular formula is C20H19NO3S. The Labute approximate surface area is 147 Å². The smallest absolute Gasteiger partial charge is 0.268 e. The Bertz CT molecular complexity index is 1120. The molecule has 3 aromatic rings. The molecule has 25 heavy (non-hydrogen) atoms. The second kappa shape index (κ2) is 5.05. The number of nitrogens with zero attached hydrogens (tertiary/aromatic N) is 1. The largest absolute Gasteiger partial charge is 0.294 e. The Morgan fingerprint density at radius 2 is 1.64 bits per heavy atom. The van der Waals surface area contributed by atoms with E-state index in [1.54, 1.807) is 36.4 Å². The summed E-state index contributed by atoms with van der Waals surface area (Å²) in [5.74, 6) is 0.00839. The number of aromatic nitrogens is 1. The van der Waals surface area contributed by atoms with Gasteiger partial charge in [0, 0.05) is 22.8 Å². The zero-order chi connectivity index (χ0) is 18.0. The standard InChI is InChI=1S/C20H19NO3S/c1-13-8-10-14(11-9-13)25(23,24)21-16-7-5-4-6-15(16)18-17(22)12-20(2,3)19(18)21/h4-11H,12H2,1-3H3. The summed E-state index contributed by atoms with van der Waals surface area (Å²) in [5.41, 5.74) is 2.19. The van der Waals surface area contributed by atoms with Crippen molar-refractivity contribution in [1.82, 2.24) is 3.97 Å². The molecule has 0 radical (unpaired) electrons. The lowest BCUT2D eigenvalue weighted by Gasteiger charge is -2.21. The zero-order valence-electron chi connectivity index (χ0n) is 14.4. The number of para-hydroxylation sites is 1. The molecule has 0 saturated heterocycles. The van der Waals surface area contributed by atoms with E-state index in [4.69, 9.17) is 0 Å². The first-order chi connectivity index (χ1) is 11.7. The van der Waals surface area contributed by atoms with Crippen molar-refractivity contribution in [1.29, 1.82) is 0 Å². The Morgan fingerprint density at radius 1 is 1.00 bits per heavy atom. The van der Waals surface area contributed by atoms with Gasteiger partial charge in [-0.2, -0.15) is 0 Å². The highest BCUT2D eigenvalue weighted by atomic mass is 32.2. The first kappa shape index (κ1) is 16.1. The predicted octanol–water partition coefficient (Wildman–Crippen LogP) is 4.05. The average Bonchev–Trinajstić information content (AvgIpc) is 3.02. The van der Waals surface area contributed by atoms with Gasteiger partial charge < -0.3 is 0 Å². The van der Waals surface area contributed by atoms with E-state index < -0.39 is 15.4 Å². The molecule has 0 aliphatic heterocycles. The van der Waals surface area contributed by atoms with Crippen molar-refractivity contribution in [2.24, 2.45) is 0 Å². The van der Waals surface area contributed by atoms with Crippen LogP contribution in [0.2, 0.25) is 0 Å². The molecule has 5 heteroatoms. The van der Waals surface area contributed by atoms with Gasteiger partial charge in [-0.3, -0.25) is 4.79 Å². The van der Waals surface area contributed by atoms with E-state index in [0.29, 0.717) is 28.6 Å². The molecule has 0 spiro atoms. The van der Waals surface area contributed by atoms with Gasteiger partial charge in [-0.1, -0.05) is 49.7 Å². The molecular weight excluding hydrogens is 334 g/mol. The van der Waals surface area contributed by atoms with Gasteiger partial charge in [0.05, 0.1) is 16.1 Å². The van der Waals surface area contributed by atoms with Crippen LogP contribution in [0.1, 0.15) is 41.9 Å². The minimum Gasteiger partial charge on any atom is -0.294 e. The Morgan fingerprint density at radius 3 is 2.32 bits per heavy atom. The number of hydrogen-bond donors (Lipinski definition) is 0. The fourth-order valence-electron chi connectivity index (χ4n) is 3.75. The molecule has 0 N–H and O–H groups in total. The van der Waals surface area contributed by atoms with Crippen LogP contribution in [0.4, 0.5) is 0 Å². The van der Waals surface area contributed by atoms with Crippen molar-refractivity contribution < 1.29 is 13.2 Å². The van der Waals surface area contributed by atoms with Gasteiger partial charge >= 0.3 is 0 Å². The highest BCUT2D eigenvalue weighted by Gasteiger charge is 2.43.